The van der Waals surface area contributed by atoms with Gasteiger partial charge in [0.05, 0.1) is 5.97 Å². The second-order valence-corrected chi connectivity index (χ2v) is 3.11. The van der Waals surface area contributed by atoms with E-state index >= 15 is 0 Å². The van der Waals surface area contributed by atoms with E-state index in [1.165, 1.54) is 0 Å². The Morgan fingerprint density at radius 3 is 2.18 bits per heavy atom. The van der Waals surface area contributed by atoms with Crippen LogP contribution in [0.3, 0.4) is 0 Å². The molecule has 0 amide bonds. The van der Waals surface area contributed by atoms with Gasteiger partial charge in [0.2, 0.25) is 0 Å². The molecule has 0 radical (unpaired) electrons. The van der Waals surface area contributed by atoms with Gasteiger partial charge in [0.1, 0.15) is 0 Å². The van der Waals surface area contributed by atoms with Gasteiger partial charge in [0.25, 0.3) is 0 Å². The minimum Gasteiger partial charge on any atom is -0.810 e. The van der Waals surface area contributed by atoms with Crippen LogP contribution in [0, 0.1) is 0 Å². The summed E-state index contributed by atoms with van der Waals surface area (Å²) < 4.78 is 9.81. The monoisotopic (exact) mass is 193 g/mol. The molecule has 0 aliphatic heterocycles. The molecule has 0 aromatic carbocycles. The zero-order valence-electron chi connectivity index (χ0n) is 5.48. The molecule has 0 aromatic rings. The Bertz CT molecular complexity index is 167. The first-order chi connectivity index (χ1) is 4.42. The molecule has 1 N–H and O–H groups in total. The molecule has 0 saturated carbocycles. The molecule has 60 valence electrons. The van der Waals surface area contributed by atoms with E-state index in [2.05, 4.69) is 0 Å². The molecular formula is C3H5AlNO5P. The van der Waals surface area contributed by atoms with Crippen molar-refractivity contribution in [2.75, 3.05) is 12.8 Å². The van der Waals surface area contributed by atoms with Crippen molar-refractivity contribution in [3.8, 4) is 0 Å². The van der Waals surface area contributed by atoms with Gasteiger partial charge in [-0.1, -0.05) is 7.60 Å². The molecule has 0 unspecified atom stereocenters. The summed E-state index contributed by atoms with van der Waals surface area (Å²) in [5.41, 5.74) is 0. The normalized spacial score (nSPS) is 10.4. The molecule has 0 atom stereocenters. The number of rotatable bonds is 4. The second kappa shape index (κ2) is 5.72. The summed E-state index contributed by atoms with van der Waals surface area (Å²) in [6.07, 6.45) is -0.860. The van der Waals surface area contributed by atoms with Crippen LogP contribution in [0.15, 0.2) is 0 Å². The van der Waals surface area contributed by atoms with E-state index in [-0.39, 0.29) is 17.4 Å². The second-order valence-electron chi connectivity index (χ2n) is 1.57. The van der Waals surface area contributed by atoms with Crippen molar-refractivity contribution in [2.45, 2.75) is 0 Å². The molecule has 0 aromatic heterocycles. The molecule has 0 bridgehead atoms. The zero-order valence-corrected chi connectivity index (χ0v) is 7.53. The van der Waals surface area contributed by atoms with E-state index in [9.17, 15) is 24.3 Å². The topological polar surface area (TPSA) is 115 Å². The fourth-order valence-electron chi connectivity index (χ4n) is 0.295. The summed E-state index contributed by atoms with van der Waals surface area (Å²) >= 11 is 0. The van der Waals surface area contributed by atoms with Gasteiger partial charge in [0, 0.05) is 12.8 Å². The Morgan fingerprint density at radius 1 is 1.45 bits per heavy atom. The number of carboxylic acids is 1. The average molecular weight is 193 g/mol. The Hall–Kier alpha value is 0.112. The van der Waals surface area contributed by atoms with Gasteiger partial charge in [0.15, 0.2) is 0 Å². The third kappa shape index (κ3) is 13.2. The van der Waals surface area contributed by atoms with E-state index in [0.29, 0.717) is 0 Å². The van der Waals surface area contributed by atoms with Crippen LogP contribution in [0.2, 0.25) is 0 Å². The fourth-order valence-corrected chi connectivity index (χ4v) is 0.681. The predicted octanol–water partition coefficient (Wildman–Crippen LogP) is -4.18. The first-order valence-electron chi connectivity index (χ1n) is 2.33. The van der Waals surface area contributed by atoms with Gasteiger partial charge in [-0.25, -0.2) is 0 Å². The molecule has 0 saturated heterocycles. The maximum absolute atomic E-state index is 9.81. The number of hydrogen-bond donors (Lipinski definition) is 1. The first-order valence-corrected chi connectivity index (χ1v) is 4.06. The third-order valence-electron chi connectivity index (χ3n) is 0.575. The van der Waals surface area contributed by atoms with Gasteiger partial charge in [-0.15, -0.1) is 0 Å². The minimum atomic E-state index is -4.62. The molecule has 0 aliphatic rings. The van der Waals surface area contributed by atoms with Crippen molar-refractivity contribution in [1.82, 2.24) is 5.32 Å². The van der Waals surface area contributed by atoms with Crippen molar-refractivity contribution in [2.24, 2.45) is 0 Å². The largest absolute Gasteiger partial charge is 3.00 e. The maximum Gasteiger partial charge on any atom is 3.00 e. The summed E-state index contributed by atoms with van der Waals surface area (Å²) in [4.78, 5) is 29.2. The number of hydrogen-bond acceptors (Lipinski definition) is 6. The standard InChI is InChI=1S/C3H8NO5P.Al/c5-3(6)1-4-2-10(7,8)9;/h4H,1-2H2,(H,5,6)(H2,7,8,9);/q;+3/p-3. The number of nitrogens with one attached hydrogen (secondary N) is 1. The van der Waals surface area contributed by atoms with E-state index in [1.54, 1.807) is 0 Å². The Kier molecular flexibility index (Phi) is 7.12. The van der Waals surface area contributed by atoms with Crippen LogP contribution in [0.4, 0.5) is 0 Å². The van der Waals surface area contributed by atoms with Gasteiger partial charge in [-0.3, -0.25) is 0 Å². The van der Waals surface area contributed by atoms with E-state index in [0.717, 1.165) is 0 Å². The van der Waals surface area contributed by atoms with Gasteiger partial charge in [-0.05, 0) is 0 Å². The van der Waals surface area contributed by atoms with Gasteiger partial charge < -0.3 is 29.6 Å². The van der Waals surface area contributed by atoms with Crippen molar-refractivity contribution in [3.63, 3.8) is 0 Å². The Morgan fingerprint density at radius 2 is 1.91 bits per heavy atom. The van der Waals surface area contributed by atoms with E-state index < -0.39 is 26.4 Å². The fraction of sp³-hybridized carbons (Fsp3) is 0.667. The van der Waals surface area contributed by atoms with Crippen LogP contribution in [0.5, 0.6) is 0 Å². The van der Waals surface area contributed by atoms with E-state index in [4.69, 9.17) is 0 Å². The van der Waals surface area contributed by atoms with Gasteiger partial charge >= 0.3 is 17.4 Å². The molecule has 8 heteroatoms. The van der Waals surface area contributed by atoms with Crippen LogP contribution in [-0.4, -0.2) is 36.2 Å². The maximum atomic E-state index is 9.81. The third-order valence-corrected chi connectivity index (χ3v) is 1.19. The van der Waals surface area contributed by atoms with Crippen molar-refractivity contribution >= 4 is 30.9 Å². The smallest absolute Gasteiger partial charge is 0.810 e. The van der Waals surface area contributed by atoms with E-state index in [1.807, 2.05) is 5.32 Å². The summed E-state index contributed by atoms with van der Waals surface area (Å²) in [5, 5.41) is 11.5. The van der Waals surface area contributed by atoms with Crippen LogP contribution >= 0.6 is 7.60 Å². The van der Waals surface area contributed by atoms with Crippen LogP contribution in [0.25, 0.3) is 0 Å². The van der Waals surface area contributed by atoms with Crippen molar-refractivity contribution in [1.29, 1.82) is 0 Å². The van der Waals surface area contributed by atoms with Crippen LogP contribution < -0.4 is 20.2 Å². The molecule has 0 aliphatic carbocycles. The first kappa shape index (κ1) is 13.7. The quantitative estimate of drug-likeness (QED) is 0.357. The SMILES string of the molecule is O=C([O-])CNCP(=O)([O-])[O-].[Al+3]. The van der Waals surface area contributed by atoms with Crippen molar-refractivity contribution < 1.29 is 24.3 Å². The summed E-state index contributed by atoms with van der Waals surface area (Å²) in [7, 11) is -4.62. The average Bonchev–Trinajstić information content (AvgIpc) is 1.59. The summed E-state index contributed by atoms with van der Waals surface area (Å²) in [5.74, 6) is -1.45. The van der Waals surface area contributed by atoms with Gasteiger partial charge in [-0.2, -0.15) is 0 Å². The molecule has 0 fully saturated rings. The molecule has 11 heavy (non-hydrogen) atoms. The molecule has 6 nitrogen and oxygen atoms in total. The summed E-state index contributed by atoms with van der Waals surface area (Å²) in [6, 6.07) is 0. The predicted molar refractivity (Wildman–Crippen MR) is 31.2 cm³/mol. The number of aliphatic carboxylic acids is 1. The molecular weight excluding hydrogens is 188 g/mol. The van der Waals surface area contributed by atoms with Crippen molar-refractivity contribution in [3.05, 3.63) is 0 Å². The Labute approximate surface area is 73.9 Å². The van der Waals surface area contributed by atoms with Crippen LogP contribution in [-0.2, 0) is 9.36 Å². The molecule has 0 rings (SSSR count). The number of carbonyl (C=O) groups excluding carboxylic acids is 1. The van der Waals surface area contributed by atoms with Crippen LogP contribution in [0.1, 0.15) is 0 Å². The molecule has 0 heterocycles. The summed E-state index contributed by atoms with van der Waals surface area (Å²) in [6.45, 7) is -0.630. The zero-order chi connectivity index (χ0) is 8.20. The number of carboxylic acid groups (broad SMARTS) is 1. The number of carbonyl (C=O) groups is 1. The minimum absolute atomic E-state index is 0. The Balaban J connectivity index is 0. The molecule has 0 spiro atoms.